The molecule has 0 saturated heterocycles. The van der Waals surface area contributed by atoms with Gasteiger partial charge in [0.2, 0.25) is 0 Å². The Morgan fingerprint density at radius 3 is 1.58 bits per heavy atom. The molecule has 0 aromatic carbocycles. The van der Waals surface area contributed by atoms with Crippen molar-refractivity contribution in [3.63, 3.8) is 0 Å². The molecule has 306 valence electrons. The number of hydrogen-bond donors (Lipinski definition) is 1. The molecule has 0 aliphatic carbocycles. The standard InChI is InChI=1S/C42H80NO8P/c1-6-8-10-12-14-16-18-19-20-21-22-23-25-26-28-30-32-34-41(44)48-38-40(39-50-52(46,47)49-37-36-43(3,4)5)51-42(45)35-33-31-29-27-24-17-15-13-11-9-7-2/h22-23,26,28,40H,6-21,24-25,27,29-39H2,1-5H3/p+1/b23-22+,28-26+/t40-/m0/s1. The summed E-state index contributed by atoms with van der Waals surface area (Å²) in [7, 11) is 1.46. The highest BCUT2D eigenvalue weighted by atomic mass is 31.2. The van der Waals surface area contributed by atoms with Gasteiger partial charge in [-0.05, 0) is 38.5 Å². The first-order valence-electron chi connectivity index (χ1n) is 21.1. The first-order chi connectivity index (χ1) is 25.0. The number of carbonyl (C=O) groups is 2. The molecule has 9 nitrogen and oxygen atoms in total. The summed E-state index contributed by atoms with van der Waals surface area (Å²) in [5.74, 6) is -0.848. The zero-order valence-electron chi connectivity index (χ0n) is 34.3. The van der Waals surface area contributed by atoms with Crippen LogP contribution >= 0.6 is 7.82 Å². The molecule has 0 aliphatic heterocycles. The maximum absolute atomic E-state index is 12.6. The Kier molecular flexibility index (Phi) is 34.2. The number of rotatable bonds is 38. The lowest BCUT2D eigenvalue weighted by Gasteiger charge is -2.24. The summed E-state index contributed by atoms with van der Waals surface area (Å²) < 4.78 is 34.2. The van der Waals surface area contributed by atoms with E-state index in [1.807, 2.05) is 21.1 Å². The van der Waals surface area contributed by atoms with Crippen LogP contribution in [0.25, 0.3) is 0 Å². The van der Waals surface area contributed by atoms with Gasteiger partial charge in [-0.2, -0.15) is 0 Å². The molecule has 1 N–H and O–H groups in total. The van der Waals surface area contributed by atoms with Gasteiger partial charge < -0.3 is 18.9 Å². The molecule has 0 bridgehead atoms. The van der Waals surface area contributed by atoms with Crippen LogP contribution in [0.4, 0.5) is 0 Å². The van der Waals surface area contributed by atoms with Crippen molar-refractivity contribution in [3.05, 3.63) is 24.3 Å². The van der Waals surface area contributed by atoms with E-state index in [1.165, 1.54) is 109 Å². The SMILES string of the molecule is CCCCCCCCCCC/C=C/C/C=C/CCCC(=O)OC[C@@H](COP(=O)(O)OCC[N+](C)(C)C)OC(=O)CCCCCCCCCCCCC. The first-order valence-corrected chi connectivity index (χ1v) is 22.6. The Hall–Kier alpha value is -1.51. The first kappa shape index (κ1) is 50.5. The van der Waals surface area contributed by atoms with E-state index in [9.17, 15) is 19.0 Å². The molecule has 0 aromatic heterocycles. The Morgan fingerprint density at radius 2 is 1.06 bits per heavy atom. The van der Waals surface area contributed by atoms with E-state index >= 15 is 0 Å². The van der Waals surface area contributed by atoms with Crippen LogP contribution in [0.1, 0.15) is 181 Å². The number of likely N-dealkylation sites (N-methyl/N-ethyl adjacent to an activating group) is 1. The zero-order chi connectivity index (χ0) is 38.6. The van der Waals surface area contributed by atoms with Crippen LogP contribution < -0.4 is 0 Å². The topological polar surface area (TPSA) is 108 Å². The van der Waals surface area contributed by atoms with Gasteiger partial charge in [-0.1, -0.05) is 154 Å². The van der Waals surface area contributed by atoms with E-state index in [2.05, 4.69) is 38.2 Å². The monoisotopic (exact) mass is 759 g/mol. The van der Waals surface area contributed by atoms with Crippen LogP contribution in [0.5, 0.6) is 0 Å². The van der Waals surface area contributed by atoms with Crippen LogP contribution in [0, 0.1) is 0 Å². The van der Waals surface area contributed by atoms with Crippen LogP contribution in [0.15, 0.2) is 24.3 Å². The summed E-state index contributed by atoms with van der Waals surface area (Å²) in [6.07, 6.45) is 36.6. The largest absolute Gasteiger partial charge is 0.472 e. The smallest absolute Gasteiger partial charge is 0.462 e. The van der Waals surface area contributed by atoms with Crippen molar-refractivity contribution in [1.82, 2.24) is 0 Å². The molecule has 0 aromatic rings. The second-order valence-corrected chi connectivity index (χ2v) is 16.8. The van der Waals surface area contributed by atoms with E-state index in [0.29, 0.717) is 23.9 Å². The quantitative estimate of drug-likeness (QED) is 0.0218. The van der Waals surface area contributed by atoms with E-state index in [-0.39, 0.29) is 26.1 Å². The molecule has 0 spiro atoms. The Morgan fingerprint density at radius 1 is 0.596 bits per heavy atom. The second kappa shape index (κ2) is 35.2. The lowest BCUT2D eigenvalue weighted by atomic mass is 10.1. The van der Waals surface area contributed by atoms with Crippen molar-refractivity contribution in [1.29, 1.82) is 0 Å². The highest BCUT2D eigenvalue weighted by Crippen LogP contribution is 2.43. The summed E-state index contributed by atoms with van der Waals surface area (Å²) in [5, 5.41) is 0. The number of unbranched alkanes of at least 4 members (excludes halogenated alkanes) is 20. The Bertz CT molecular complexity index is 949. The highest BCUT2D eigenvalue weighted by Gasteiger charge is 2.27. The van der Waals surface area contributed by atoms with Gasteiger partial charge in [0.1, 0.15) is 19.8 Å². The number of phosphoric ester groups is 1. The normalized spacial score (nSPS) is 13.9. The van der Waals surface area contributed by atoms with Crippen LogP contribution in [0.2, 0.25) is 0 Å². The lowest BCUT2D eigenvalue weighted by Crippen LogP contribution is -2.37. The van der Waals surface area contributed by atoms with Crippen molar-refractivity contribution in [2.24, 2.45) is 0 Å². The predicted molar refractivity (Wildman–Crippen MR) is 215 cm³/mol. The maximum Gasteiger partial charge on any atom is 0.472 e. The molecule has 0 heterocycles. The summed E-state index contributed by atoms with van der Waals surface area (Å²) in [6, 6.07) is 0. The molecular weight excluding hydrogens is 677 g/mol. The van der Waals surface area contributed by atoms with Crippen LogP contribution in [-0.4, -0.2) is 74.9 Å². The van der Waals surface area contributed by atoms with Gasteiger partial charge in [-0.3, -0.25) is 18.6 Å². The van der Waals surface area contributed by atoms with Gasteiger partial charge in [0, 0.05) is 12.8 Å². The van der Waals surface area contributed by atoms with Crippen LogP contribution in [-0.2, 0) is 32.7 Å². The third kappa shape index (κ3) is 38.2. The molecule has 1 unspecified atom stereocenters. The highest BCUT2D eigenvalue weighted by molar-refractivity contribution is 7.47. The molecule has 0 amide bonds. The number of esters is 2. The van der Waals surface area contributed by atoms with Gasteiger partial charge >= 0.3 is 19.8 Å². The van der Waals surface area contributed by atoms with E-state index in [4.69, 9.17) is 18.5 Å². The van der Waals surface area contributed by atoms with E-state index in [0.717, 1.165) is 32.1 Å². The molecule has 52 heavy (non-hydrogen) atoms. The Balaban J connectivity index is 4.41. The van der Waals surface area contributed by atoms with Gasteiger partial charge in [0.15, 0.2) is 6.10 Å². The van der Waals surface area contributed by atoms with Gasteiger partial charge in [0.05, 0.1) is 27.7 Å². The molecule has 0 rings (SSSR count). The van der Waals surface area contributed by atoms with E-state index in [1.54, 1.807) is 0 Å². The summed E-state index contributed by atoms with van der Waals surface area (Å²) in [5.41, 5.74) is 0. The fourth-order valence-corrected chi connectivity index (χ4v) is 6.38. The fraction of sp³-hybridized carbons (Fsp3) is 0.857. The van der Waals surface area contributed by atoms with Crippen LogP contribution in [0.3, 0.4) is 0 Å². The fourth-order valence-electron chi connectivity index (χ4n) is 5.64. The lowest BCUT2D eigenvalue weighted by molar-refractivity contribution is -0.870. The minimum absolute atomic E-state index is 0.0274. The third-order valence-corrected chi connectivity index (χ3v) is 9.97. The number of allylic oxidation sites excluding steroid dienone is 4. The molecule has 0 saturated carbocycles. The van der Waals surface area contributed by atoms with Crippen molar-refractivity contribution in [2.45, 2.75) is 187 Å². The van der Waals surface area contributed by atoms with Gasteiger partial charge in [-0.15, -0.1) is 0 Å². The predicted octanol–water partition coefficient (Wildman–Crippen LogP) is 11.6. The molecular formula is C42H81NO8P+. The zero-order valence-corrected chi connectivity index (χ0v) is 35.2. The van der Waals surface area contributed by atoms with Crippen molar-refractivity contribution < 1.29 is 42.1 Å². The average molecular weight is 759 g/mol. The molecule has 2 atom stereocenters. The van der Waals surface area contributed by atoms with Crippen molar-refractivity contribution >= 4 is 19.8 Å². The summed E-state index contributed by atoms with van der Waals surface area (Å²) in [4.78, 5) is 35.2. The molecule has 0 radical (unpaired) electrons. The number of carbonyl (C=O) groups excluding carboxylic acids is 2. The summed E-state index contributed by atoms with van der Waals surface area (Å²) in [6.45, 7) is 4.37. The number of phosphoric acid groups is 1. The van der Waals surface area contributed by atoms with Crippen molar-refractivity contribution in [2.75, 3.05) is 47.5 Å². The minimum Gasteiger partial charge on any atom is -0.462 e. The number of ether oxygens (including phenoxy) is 2. The van der Waals surface area contributed by atoms with E-state index < -0.39 is 32.5 Å². The molecule has 0 aliphatic rings. The van der Waals surface area contributed by atoms with Gasteiger partial charge in [-0.25, -0.2) is 4.57 Å². The van der Waals surface area contributed by atoms with Gasteiger partial charge in [0.25, 0.3) is 0 Å². The van der Waals surface area contributed by atoms with Crippen molar-refractivity contribution in [3.8, 4) is 0 Å². The minimum atomic E-state index is -4.37. The summed E-state index contributed by atoms with van der Waals surface area (Å²) >= 11 is 0. The Labute approximate surface area is 319 Å². The number of quaternary nitrogens is 1. The average Bonchev–Trinajstić information content (AvgIpc) is 3.09. The molecule has 10 heteroatoms. The maximum atomic E-state index is 12.6. The second-order valence-electron chi connectivity index (χ2n) is 15.4. The third-order valence-electron chi connectivity index (χ3n) is 8.98. The number of hydrogen-bond acceptors (Lipinski definition) is 7. The number of nitrogens with zero attached hydrogens (tertiary/aromatic N) is 1. The molecule has 0 fully saturated rings.